The van der Waals surface area contributed by atoms with Gasteiger partial charge in [-0.2, -0.15) is 4.98 Å². The zero-order valence-corrected chi connectivity index (χ0v) is 10.4. The number of aromatic nitrogens is 2. The fourth-order valence-corrected chi connectivity index (χ4v) is 1.64. The molecular formula is C13H17N3O. The van der Waals surface area contributed by atoms with E-state index in [9.17, 15) is 0 Å². The third-order valence-electron chi connectivity index (χ3n) is 2.73. The first-order valence-corrected chi connectivity index (χ1v) is 5.74. The number of rotatable bonds is 4. The van der Waals surface area contributed by atoms with Crippen LogP contribution in [0.2, 0.25) is 0 Å². The van der Waals surface area contributed by atoms with Gasteiger partial charge in [-0.1, -0.05) is 35.0 Å². The van der Waals surface area contributed by atoms with Crippen LogP contribution in [0.25, 0.3) is 0 Å². The highest BCUT2D eigenvalue weighted by Crippen LogP contribution is 2.12. The Hall–Kier alpha value is -1.68. The van der Waals surface area contributed by atoms with E-state index in [0.717, 1.165) is 5.82 Å². The summed E-state index contributed by atoms with van der Waals surface area (Å²) in [7, 11) is 1.87. The second-order valence-electron chi connectivity index (χ2n) is 4.23. The molecule has 0 aliphatic rings. The molecule has 0 aliphatic heterocycles. The molecule has 17 heavy (non-hydrogen) atoms. The van der Waals surface area contributed by atoms with E-state index in [0.29, 0.717) is 12.3 Å². The van der Waals surface area contributed by atoms with E-state index < -0.39 is 0 Å². The molecule has 1 heterocycles. The Labute approximate surface area is 101 Å². The molecule has 0 radical (unpaired) electrons. The van der Waals surface area contributed by atoms with Crippen LogP contribution in [-0.4, -0.2) is 17.2 Å². The van der Waals surface area contributed by atoms with Gasteiger partial charge in [0.15, 0.2) is 5.82 Å². The van der Waals surface area contributed by atoms with Gasteiger partial charge >= 0.3 is 0 Å². The first kappa shape index (κ1) is 11.8. The number of nitrogens with zero attached hydrogens (tertiary/aromatic N) is 2. The first-order valence-electron chi connectivity index (χ1n) is 5.74. The number of aryl methyl sites for hydroxylation is 1. The van der Waals surface area contributed by atoms with Crippen LogP contribution in [0, 0.1) is 6.92 Å². The summed E-state index contributed by atoms with van der Waals surface area (Å²) in [6.07, 6.45) is 0.710. The lowest BCUT2D eigenvalue weighted by Gasteiger charge is -2.01. The minimum absolute atomic E-state index is 0.0914. The second kappa shape index (κ2) is 5.10. The van der Waals surface area contributed by atoms with E-state index in [-0.39, 0.29) is 6.04 Å². The third-order valence-corrected chi connectivity index (χ3v) is 2.73. The highest BCUT2D eigenvalue weighted by Gasteiger charge is 2.12. The molecule has 1 N–H and O–H groups in total. The van der Waals surface area contributed by atoms with Crippen molar-refractivity contribution in [2.24, 2.45) is 0 Å². The summed E-state index contributed by atoms with van der Waals surface area (Å²) in [5, 5.41) is 7.06. The lowest BCUT2D eigenvalue weighted by Crippen LogP contribution is -2.12. The summed E-state index contributed by atoms with van der Waals surface area (Å²) in [5.41, 5.74) is 2.45. The van der Waals surface area contributed by atoms with E-state index in [1.165, 1.54) is 11.1 Å². The maximum absolute atomic E-state index is 5.20. The van der Waals surface area contributed by atoms with Crippen molar-refractivity contribution in [2.45, 2.75) is 26.3 Å². The molecule has 0 bridgehead atoms. The predicted molar refractivity (Wildman–Crippen MR) is 65.8 cm³/mol. The molecule has 0 spiro atoms. The van der Waals surface area contributed by atoms with Crippen LogP contribution in [0.3, 0.4) is 0 Å². The number of benzene rings is 1. The predicted octanol–water partition coefficient (Wildman–Crippen LogP) is 2.25. The molecule has 2 rings (SSSR count). The standard InChI is InChI=1S/C13H17N3O/c1-9-5-4-6-11(7-9)8-12-15-13(17-16-12)10(2)14-3/h4-7,10,14H,8H2,1-3H3. The van der Waals surface area contributed by atoms with Crippen molar-refractivity contribution in [3.05, 3.63) is 47.1 Å². The Bertz CT molecular complexity index is 493. The monoisotopic (exact) mass is 231 g/mol. The molecule has 90 valence electrons. The van der Waals surface area contributed by atoms with Gasteiger partial charge in [-0.25, -0.2) is 0 Å². The quantitative estimate of drug-likeness (QED) is 0.876. The fourth-order valence-electron chi connectivity index (χ4n) is 1.64. The van der Waals surface area contributed by atoms with Crippen LogP contribution in [0.5, 0.6) is 0 Å². The number of nitrogens with one attached hydrogen (secondary N) is 1. The maximum Gasteiger partial charge on any atom is 0.243 e. The topological polar surface area (TPSA) is 51.0 Å². The molecule has 1 unspecified atom stereocenters. The highest BCUT2D eigenvalue weighted by molar-refractivity contribution is 5.24. The average molecular weight is 231 g/mol. The largest absolute Gasteiger partial charge is 0.338 e. The van der Waals surface area contributed by atoms with Crippen molar-refractivity contribution in [1.82, 2.24) is 15.5 Å². The van der Waals surface area contributed by atoms with Crippen LogP contribution < -0.4 is 5.32 Å². The van der Waals surface area contributed by atoms with Gasteiger partial charge in [-0.05, 0) is 26.5 Å². The Morgan fingerprint density at radius 2 is 2.24 bits per heavy atom. The van der Waals surface area contributed by atoms with Gasteiger partial charge in [0.25, 0.3) is 0 Å². The molecule has 0 saturated carbocycles. The van der Waals surface area contributed by atoms with Crippen LogP contribution in [0.1, 0.15) is 35.8 Å². The van der Waals surface area contributed by atoms with E-state index in [1.54, 1.807) is 0 Å². The summed E-state index contributed by atoms with van der Waals surface area (Å²) in [6.45, 7) is 4.07. The van der Waals surface area contributed by atoms with E-state index in [4.69, 9.17) is 4.52 Å². The maximum atomic E-state index is 5.20. The average Bonchev–Trinajstić information content (AvgIpc) is 2.76. The smallest absolute Gasteiger partial charge is 0.243 e. The summed E-state index contributed by atoms with van der Waals surface area (Å²) < 4.78 is 5.20. The zero-order chi connectivity index (χ0) is 12.3. The summed E-state index contributed by atoms with van der Waals surface area (Å²) in [4.78, 5) is 4.37. The van der Waals surface area contributed by atoms with Crippen LogP contribution in [0.15, 0.2) is 28.8 Å². The van der Waals surface area contributed by atoms with Gasteiger partial charge < -0.3 is 9.84 Å². The van der Waals surface area contributed by atoms with Gasteiger partial charge in [-0.15, -0.1) is 0 Å². The van der Waals surface area contributed by atoms with Gasteiger partial charge in [0.05, 0.1) is 6.04 Å². The molecule has 4 heteroatoms. The molecule has 1 aromatic heterocycles. The SMILES string of the molecule is CNC(C)c1nc(Cc2cccc(C)c2)no1. The lowest BCUT2D eigenvalue weighted by atomic mass is 10.1. The van der Waals surface area contributed by atoms with Gasteiger partial charge in [-0.3, -0.25) is 0 Å². The lowest BCUT2D eigenvalue weighted by molar-refractivity contribution is 0.344. The minimum atomic E-state index is 0.0914. The molecular weight excluding hydrogens is 214 g/mol. The Kier molecular flexibility index (Phi) is 3.54. The van der Waals surface area contributed by atoms with Crippen LogP contribution >= 0.6 is 0 Å². The molecule has 4 nitrogen and oxygen atoms in total. The zero-order valence-electron chi connectivity index (χ0n) is 10.4. The number of hydrogen-bond donors (Lipinski definition) is 1. The van der Waals surface area contributed by atoms with Crippen LogP contribution in [0.4, 0.5) is 0 Å². The molecule has 0 saturated heterocycles. The molecule has 1 atom stereocenters. The van der Waals surface area contributed by atoms with E-state index in [1.807, 2.05) is 20.0 Å². The second-order valence-corrected chi connectivity index (χ2v) is 4.23. The molecule has 0 fully saturated rings. The van der Waals surface area contributed by atoms with Crippen molar-refractivity contribution in [3.63, 3.8) is 0 Å². The molecule has 0 amide bonds. The summed E-state index contributed by atoms with van der Waals surface area (Å²) in [5.74, 6) is 1.36. The third kappa shape index (κ3) is 2.91. The first-order chi connectivity index (χ1) is 8.19. The van der Waals surface area contributed by atoms with Crippen molar-refractivity contribution in [3.8, 4) is 0 Å². The Morgan fingerprint density at radius 1 is 1.41 bits per heavy atom. The molecule has 1 aromatic carbocycles. The van der Waals surface area contributed by atoms with Crippen molar-refractivity contribution < 1.29 is 4.52 Å². The van der Waals surface area contributed by atoms with Crippen molar-refractivity contribution in [1.29, 1.82) is 0 Å². The molecule has 2 aromatic rings. The molecule has 0 aliphatic carbocycles. The van der Waals surface area contributed by atoms with Crippen molar-refractivity contribution in [2.75, 3.05) is 7.05 Å². The van der Waals surface area contributed by atoms with Crippen molar-refractivity contribution >= 4 is 0 Å². The van der Waals surface area contributed by atoms with Gasteiger partial charge in [0.2, 0.25) is 5.89 Å². The normalized spacial score (nSPS) is 12.6. The van der Waals surface area contributed by atoms with Gasteiger partial charge in [0.1, 0.15) is 0 Å². The minimum Gasteiger partial charge on any atom is -0.338 e. The Balaban J connectivity index is 2.11. The fraction of sp³-hybridized carbons (Fsp3) is 0.385. The highest BCUT2D eigenvalue weighted by atomic mass is 16.5. The Morgan fingerprint density at radius 3 is 2.94 bits per heavy atom. The van der Waals surface area contributed by atoms with Crippen LogP contribution in [-0.2, 0) is 6.42 Å². The summed E-state index contributed by atoms with van der Waals surface area (Å²) >= 11 is 0. The number of hydrogen-bond acceptors (Lipinski definition) is 4. The summed E-state index contributed by atoms with van der Waals surface area (Å²) in [6, 6.07) is 8.42. The van der Waals surface area contributed by atoms with Gasteiger partial charge in [0, 0.05) is 6.42 Å². The van der Waals surface area contributed by atoms with E-state index in [2.05, 4.69) is 40.6 Å². The van der Waals surface area contributed by atoms with E-state index >= 15 is 0 Å².